The molecule has 2 amide bonds. The third-order valence-corrected chi connectivity index (χ3v) is 6.23. The number of nitrogens with zero attached hydrogens (tertiary/aromatic N) is 3. The van der Waals surface area contributed by atoms with Gasteiger partial charge in [-0.15, -0.1) is 10.2 Å². The monoisotopic (exact) mass is 481 g/mol. The minimum Gasteiger partial charge on any atom is -0.497 e. The van der Waals surface area contributed by atoms with Gasteiger partial charge in [0.15, 0.2) is 11.0 Å². The van der Waals surface area contributed by atoms with Crippen molar-refractivity contribution in [3.8, 4) is 5.75 Å². The number of rotatable bonds is 10. The number of ether oxygens (including phenoxy) is 1. The Labute approximate surface area is 204 Å². The molecule has 1 heterocycles. The number of hydrogen-bond donors (Lipinski definition) is 2. The zero-order valence-corrected chi connectivity index (χ0v) is 21.0. The molecule has 3 rings (SSSR count). The first kappa shape index (κ1) is 25.3. The molecule has 2 N–H and O–H groups in total. The Morgan fingerprint density at radius 1 is 1.12 bits per heavy atom. The van der Waals surface area contributed by atoms with Crippen LogP contribution in [0.15, 0.2) is 53.7 Å². The molecule has 0 unspecified atom stereocenters. The summed E-state index contributed by atoms with van der Waals surface area (Å²) in [6.07, 6.45) is 0. The average molecular weight is 482 g/mol. The van der Waals surface area contributed by atoms with Crippen molar-refractivity contribution in [1.82, 2.24) is 20.1 Å². The van der Waals surface area contributed by atoms with Crippen molar-refractivity contribution in [3.63, 3.8) is 0 Å². The number of aryl methyl sites for hydroxylation is 1. The molecule has 34 heavy (non-hydrogen) atoms. The van der Waals surface area contributed by atoms with Crippen LogP contribution in [-0.2, 0) is 11.3 Å². The van der Waals surface area contributed by atoms with Gasteiger partial charge in [-0.3, -0.25) is 9.59 Å². The van der Waals surface area contributed by atoms with E-state index in [0.29, 0.717) is 34.5 Å². The Bertz CT molecular complexity index is 1150. The Balaban J connectivity index is 1.70. The molecule has 180 valence electrons. The van der Waals surface area contributed by atoms with Crippen molar-refractivity contribution in [1.29, 1.82) is 0 Å². The van der Waals surface area contributed by atoms with E-state index in [-0.39, 0.29) is 29.5 Å². The van der Waals surface area contributed by atoms with Gasteiger partial charge in [0, 0.05) is 23.9 Å². The molecule has 0 aliphatic rings. The first-order valence-corrected chi connectivity index (χ1v) is 12.2. The number of nitrogens with one attached hydrogen (secondary N) is 2. The minimum atomic E-state index is -0.319. The molecular weight excluding hydrogens is 450 g/mol. The van der Waals surface area contributed by atoms with Crippen LogP contribution >= 0.6 is 11.8 Å². The van der Waals surface area contributed by atoms with E-state index in [1.165, 1.54) is 11.8 Å². The van der Waals surface area contributed by atoms with Gasteiger partial charge in [-0.1, -0.05) is 49.4 Å². The van der Waals surface area contributed by atoms with E-state index in [4.69, 9.17) is 4.74 Å². The third-order valence-electron chi connectivity index (χ3n) is 5.26. The van der Waals surface area contributed by atoms with Gasteiger partial charge in [0.1, 0.15) is 5.75 Å². The lowest BCUT2D eigenvalue weighted by molar-refractivity contribution is -0.113. The van der Waals surface area contributed by atoms with Crippen molar-refractivity contribution in [2.24, 2.45) is 5.92 Å². The highest BCUT2D eigenvalue weighted by atomic mass is 32.2. The Morgan fingerprint density at radius 2 is 1.88 bits per heavy atom. The van der Waals surface area contributed by atoms with E-state index in [1.54, 1.807) is 19.2 Å². The predicted octanol–water partition coefficient (Wildman–Crippen LogP) is 4.47. The summed E-state index contributed by atoms with van der Waals surface area (Å²) in [5.74, 6) is 1.32. The molecule has 0 saturated carbocycles. The van der Waals surface area contributed by atoms with Crippen LogP contribution in [-0.4, -0.2) is 39.4 Å². The van der Waals surface area contributed by atoms with Crippen LogP contribution in [0.25, 0.3) is 0 Å². The van der Waals surface area contributed by atoms with E-state index in [2.05, 4.69) is 20.8 Å². The normalized spacial score (nSPS) is 11.8. The van der Waals surface area contributed by atoms with Gasteiger partial charge in [0.2, 0.25) is 5.91 Å². The molecule has 0 saturated heterocycles. The molecule has 0 bridgehead atoms. The van der Waals surface area contributed by atoms with Crippen LogP contribution in [0.4, 0.5) is 5.69 Å². The zero-order valence-electron chi connectivity index (χ0n) is 20.2. The smallest absolute Gasteiger partial charge is 0.251 e. The molecule has 9 heteroatoms. The fourth-order valence-corrected chi connectivity index (χ4v) is 4.31. The summed E-state index contributed by atoms with van der Waals surface area (Å²) in [6, 6.07) is 14.4. The van der Waals surface area contributed by atoms with Crippen LogP contribution < -0.4 is 15.4 Å². The van der Waals surface area contributed by atoms with Crippen LogP contribution in [0.3, 0.4) is 0 Å². The average Bonchev–Trinajstić information content (AvgIpc) is 3.23. The van der Waals surface area contributed by atoms with Crippen molar-refractivity contribution in [2.45, 2.75) is 45.4 Å². The third kappa shape index (κ3) is 6.38. The number of benzene rings is 2. The molecule has 0 radical (unpaired) electrons. The van der Waals surface area contributed by atoms with E-state index in [0.717, 1.165) is 5.56 Å². The second-order valence-corrected chi connectivity index (χ2v) is 9.16. The molecule has 0 aliphatic heterocycles. The largest absolute Gasteiger partial charge is 0.497 e. The molecule has 1 aromatic heterocycles. The molecule has 0 spiro atoms. The van der Waals surface area contributed by atoms with E-state index < -0.39 is 0 Å². The molecule has 2 aromatic carbocycles. The highest BCUT2D eigenvalue weighted by Crippen LogP contribution is 2.26. The quantitative estimate of drug-likeness (QED) is 0.415. The summed E-state index contributed by atoms with van der Waals surface area (Å²) in [6.45, 7) is 8.63. The van der Waals surface area contributed by atoms with Gasteiger partial charge in [0.05, 0.1) is 18.9 Å². The van der Waals surface area contributed by atoms with Crippen molar-refractivity contribution in [3.05, 3.63) is 65.5 Å². The minimum absolute atomic E-state index is 0.0949. The van der Waals surface area contributed by atoms with Crippen LogP contribution in [0.1, 0.15) is 48.6 Å². The SMILES string of the molecule is CCn1c(SCC(=O)Nc2cccc(OC)c2)nnc1[C@H](NC(=O)c1cccc(C)c1)C(C)C. The van der Waals surface area contributed by atoms with Crippen molar-refractivity contribution in [2.75, 3.05) is 18.2 Å². The van der Waals surface area contributed by atoms with E-state index >= 15 is 0 Å². The van der Waals surface area contributed by atoms with Gasteiger partial charge in [0.25, 0.3) is 5.91 Å². The molecular formula is C25H31N5O3S. The lowest BCUT2D eigenvalue weighted by Gasteiger charge is -2.22. The summed E-state index contributed by atoms with van der Waals surface area (Å²) in [7, 11) is 1.58. The zero-order chi connectivity index (χ0) is 24.7. The van der Waals surface area contributed by atoms with Gasteiger partial charge in [-0.2, -0.15) is 0 Å². The highest BCUT2D eigenvalue weighted by molar-refractivity contribution is 7.99. The van der Waals surface area contributed by atoms with Gasteiger partial charge < -0.3 is 19.9 Å². The standard InChI is InChI=1S/C25H31N5O3S/c1-6-30-23(22(16(2)3)27-24(32)18-10-7-9-17(4)13-18)28-29-25(30)34-15-21(31)26-19-11-8-12-20(14-19)33-5/h7-14,16,22H,6,15H2,1-5H3,(H,26,31)(H,27,32)/t22-/m1/s1. The number of carbonyl (C=O) groups is 2. The molecule has 0 fully saturated rings. The van der Waals surface area contributed by atoms with Crippen LogP contribution in [0, 0.1) is 12.8 Å². The first-order chi connectivity index (χ1) is 16.3. The Hall–Kier alpha value is -3.33. The topological polar surface area (TPSA) is 98.1 Å². The molecule has 1 atom stereocenters. The van der Waals surface area contributed by atoms with Gasteiger partial charge >= 0.3 is 0 Å². The predicted molar refractivity (Wildman–Crippen MR) is 134 cm³/mol. The van der Waals surface area contributed by atoms with Crippen molar-refractivity contribution >= 4 is 29.3 Å². The molecule has 0 aliphatic carbocycles. The molecule has 3 aromatic rings. The lowest BCUT2D eigenvalue weighted by atomic mass is 10.0. The Morgan fingerprint density at radius 3 is 2.56 bits per heavy atom. The summed E-state index contributed by atoms with van der Waals surface area (Å²) >= 11 is 1.31. The summed E-state index contributed by atoms with van der Waals surface area (Å²) in [5.41, 5.74) is 2.30. The fraction of sp³-hybridized carbons (Fsp3) is 0.360. The lowest BCUT2D eigenvalue weighted by Crippen LogP contribution is -2.33. The maximum Gasteiger partial charge on any atom is 0.251 e. The van der Waals surface area contributed by atoms with E-state index in [1.807, 2.05) is 68.7 Å². The number of hydrogen-bond acceptors (Lipinski definition) is 6. The number of carbonyl (C=O) groups excluding carboxylic acids is 2. The van der Waals surface area contributed by atoms with Crippen LogP contribution in [0.5, 0.6) is 5.75 Å². The van der Waals surface area contributed by atoms with E-state index in [9.17, 15) is 9.59 Å². The molecule has 8 nitrogen and oxygen atoms in total. The van der Waals surface area contributed by atoms with Gasteiger partial charge in [-0.05, 0) is 44.0 Å². The first-order valence-electron chi connectivity index (χ1n) is 11.2. The maximum atomic E-state index is 12.9. The number of anilines is 1. The second kappa shape index (κ2) is 11.7. The fourth-order valence-electron chi connectivity index (χ4n) is 3.50. The number of amides is 2. The second-order valence-electron chi connectivity index (χ2n) is 8.22. The number of methoxy groups -OCH3 is 1. The van der Waals surface area contributed by atoms with Crippen molar-refractivity contribution < 1.29 is 14.3 Å². The summed E-state index contributed by atoms with van der Waals surface area (Å²) < 4.78 is 7.14. The van der Waals surface area contributed by atoms with Crippen LogP contribution in [0.2, 0.25) is 0 Å². The maximum absolute atomic E-state index is 12.9. The number of thioether (sulfide) groups is 1. The van der Waals surface area contributed by atoms with Gasteiger partial charge in [-0.25, -0.2) is 0 Å². The highest BCUT2D eigenvalue weighted by Gasteiger charge is 2.26. The number of aromatic nitrogens is 3. The Kier molecular flexibility index (Phi) is 8.70. The summed E-state index contributed by atoms with van der Waals surface area (Å²) in [4.78, 5) is 25.4. The summed E-state index contributed by atoms with van der Waals surface area (Å²) in [5, 5.41) is 15.3.